The molecule has 0 heterocycles. The Labute approximate surface area is 106 Å². The number of nitrogens with zero attached hydrogens (tertiary/aromatic N) is 1. The van der Waals surface area contributed by atoms with Crippen LogP contribution >= 0.6 is 11.8 Å². The Morgan fingerprint density at radius 1 is 1.53 bits per heavy atom. The van der Waals surface area contributed by atoms with Crippen molar-refractivity contribution in [3.8, 4) is 0 Å². The quantitative estimate of drug-likeness (QED) is 0.817. The number of hydrogen-bond acceptors (Lipinski definition) is 3. The largest absolute Gasteiger partial charge is 0.478 e. The summed E-state index contributed by atoms with van der Waals surface area (Å²) in [6.07, 6.45) is 4.45. The number of carboxylic acid groups (broad SMARTS) is 1. The van der Waals surface area contributed by atoms with Crippen LogP contribution in [-0.2, 0) is 0 Å². The number of carboxylic acids is 1. The Morgan fingerprint density at radius 2 is 2.24 bits per heavy atom. The molecule has 1 aliphatic rings. The van der Waals surface area contributed by atoms with E-state index in [4.69, 9.17) is 0 Å². The first-order valence-electron chi connectivity index (χ1n) is 5.75. The Bertz CT molecular complexity index is 429. The summed E-state index contributed by atoms with van der Waals surface area (Å²) >= 11 is 1.48. The minimum atomic E-state index is -0.840. The molecule has 0 amide bonds. The minimum absolute atomic E-state index is 0.433. The molecule has 4 heteroatoms. The average molecular weight is 251 g/mol. The van der Waals surface area contributed by atoms with Crippen LogP contribution < -0.4 is 4.90 Å². The first-order chi connectivity index (χ1) is 8.13. The lowest BCUT2D eigenvalue weighted by Crippen LogP contribution is -2.22. The second-order valence-corrected chi connectivity index (χ2v) is 5.33. The van der Waals surface area contributed by atoms with Crippen LogP contribution in [0.4, 0.5) is 5.69 Å². The molecule has 1 aromatic rings. The van der Waals surface area contributed by atoms with Gasteiger partial charge >= 0.3 is 5.97 Å². The molecular formula is C13H17NO2S. The molecule has 0 radical (unpaired) electrons. The number of hydrogen-bond donors (Lipinski definition) is 1. The van der Waals surface area contributed by atoms with Crippen molar-refractivity contribution in [3.05, 3.63) is 23.8 Å². The first-order valence-corrected chi connectivity index (χ1v) is 6.97. The molecule has 0 atom stereocenters. The molecule has 0 bridgehead atoms. The molecule has 92 valence electrons. The van der Waals surface area contributed by atoms with Gasteiger partial charge in [0.1, 0.15) is 0 Å². The molecular weight excluding hydrogens is 234 g/mol. The third kappa shape index (κ3) is 2.75. The van der Waals surface area contributed by atoms with E-state index in [0.717, 1.165) is 23.0 Å². The molecule has 2 rings (SSSR count). The number of thioether (sulfide) groups is 1. The van der Waals surface area contributed by atoms with Gasteiger partial charge in [0.15, 0.2) is 0 Å². The van der Waals surface area contributed by atoms with Crippen molar-refractivity contribution in [1.82, 2.24) is 0 Å². The van der Waals surface area contributed by atoms with Gasteiger partial charge in [-0.05, 0) is 37.1 Å². The fourth-order valence-corrected chi connectivity index (χ4v) is 2.62. The van der Waals surface area contributed by atoms with E-state index < -0.39 is 5.97 Å². The number of rotatable bonds is 5. The van der Waals surface area contributed by atoms with Crippen molar-refractivity contribution in [3.63, 3.8) is 0 Å². The van der Waals surface area contributed by atoms with Crippen molar-refractivity contribution in [1.29, 1.82) is 0 Å². The van der Waals surface area contributed by atoms with Gasteiger partial charge in [-0.15, -0.1) is 11.8 Å². The maximum absolute atomic E-state index is 11.4. The van der Waals surface area contributed by atoms with Gasteiger partial charge in [-0.2, -0.15) is 0 Å². The van der Waals surface area contributed by atoms with Crippen LogP contribution in [-0.4, -0.2) is 30.9 Å². The monoisotopic (exact) mass is 251 g/mol. The number of anilines is 1. The number of aromatic carboxylic acids is 1. The summed E-state index contributed by atoms with van der Waals surface area (Å²) in [5, 5.41) is 9.34. The zero-order valence-corrected chi connectivity index (χ0v) is 11.0. The van der Waals surface area contributed by atoms with E-state index in [1.54, 1.807) is 0 Å². The predicted octanol–water partition coefficient (Wildman–Crippen LogP) is 2.95. The number of benzene rings is 1. The van der Waals surface area contributed by atoms with Crippen molar-refractivity contribution < 1.29 is 9.90 Å². The van der Waals surface area contributed by atoms with Crippen LogP contribution in [0, 0.1) is 5.92 Å². The lowest BCUT2D eigenvalue weighted by molar-refractivity contribution is 0.0694. The van der Waals surface area contributed by atoms with Gasteiger partial charge in [0, 0.05) is 18.5 Å². The summed E-state index contributed by atoms with van der Waals surface area (Å²) in [6.45, 7) is 0.956. The fourth-order valence-electron chi connectivity index (χ4n) is 2.01. The van der Waals surface area contributed by atoms with E-state index in [0.29, 0.717) is 5.56 Å². The molecule has 0 aliphatic heterocycles. The highest BCUT2D eigenvalue weighted by molar-refractivity contribution is 7.98. The Kier molecular flexibility index (Phi) is 3.62. The van der Waals surface area contributed by atoms with Crippen LogP contribution in [0.5, 0.6) is 0 Å². The van der Waals surface area contributed by atoms with Gasteiger partial charge in [-0.3, -0.25) is 0 Å². The van der Waals surface area contributed by atoms with E-state index in [-0.39, 0.29) is 0 Å². The summed E-state index contributed by atoms with van der Waals surface area (Å²) in [4.78, 5) is 14.3. The molecule has 1 aromatic carbocycles. The molecule has 1 N–H and O–H groups in total. The SMILES string of the molecule is CSc1cccc(N(C)CC2CC2)c1C(=O)O. The van der Waals surface area contributed by atoms with Gasteiger partial charge < -0.3 is 10.0 Å². The van der Waals surface area contributed by atoms with Gasteiger partial charge in [-0.1, -0.05) is 6.07 Å². The Hall–Kier alpha value is -1.16. The summed E-state index contributed by atoms with van der Waals surface area (Å²) < 4.78 is 0. The molecule has 0 saturated heterocycles. The number of carbonyl (C=O) groups is 1. The lowest BCUT2D eigenvalue weighted by Gasteiger charge is -2.22. The molecule has 0 spiro atoms. The third-order valence-corrected chi connectivity index (χ3v) is 3.86. The maximum atomic E-state index is 11.4. The van der Waals surface area contributed by atoms with Crippen LogP contribution in [0.3, 0.4) is 0 Å². The maximum Gasteiger partial charge on any atom is 0.338 e. The Balaban J connectivity index is 2.33. The van der Waals surface area contributed by atoms with Crippen LogP contribution in [0.25, 0.3) is 0 Å². The summed E-state index contributed by atoms with van der Waals surface area (Å²) in [5.74, 6) is -0.0906. The van der Waals surface area contributed by atoms with E-state index in [2.05, 4.69) is 4.90 Å². The van der Waals surface area contributed by atoms with E-state index in [1.807, 2.05) is 31.5 Å². The zero-order valence-electron chi connectivity index (χ0n) is 10.1. The molecule has 17 heavy (non-hydrogen) atoms. The van der Waals surface area contributed by atoms with E-state index >= 15 is 0 Å². The molecule has 0 aromatic heterocycles. The second kappa shape index (κ2) is 5.00. The van der Waals surface area contributed by atoms with Crippen LogP contribution in [0.1, 0.15) is 23.2 Å². The zero-order chi connectivity index (χ0) is 12.4. The van der Waals surface area contributed by atoms with Crippen molar-refractivity contribution >= 4 is 23.4 Å². The van der Waals surface area contributed by atoms with E-state index in [1.165, 1.54) is 24.6 Å². The minimum Gasteiger partial charge on any atom is -0.478 e. The highest BCUT2D eigenvalue weighted by Crippen LogP contribution is 2.34. The lowest BCUT2D eigenvalue weighted by atomic mass is 10.1. The normalized spacial score (nSPS) is 14.7. The van der Waals surface area contributed by atoms with Crippen LogP contribution in [0.2, 0.25) is 0 Å². The molecule has 1 fully saturated rings. The van der Waals surface area contributed by atoms with Crippen molar-refractivity contribution in [2.45, 2.75) is 17.7 Å². The highest BCUT2D eigenvalue weighted by atomic mass is 32.2. The van der Waals surface area contributed by atoms with Gasteiger partial charge in [0.05, 0.1) is 11.3 Å². The smallest absolute Gasteiger partial charge is 0.338 e. The van der Waals surface area contributed by atoms with Crippen molar-refractivity contribution in [2.75, 3.05) is 24.7 Å². The summed E-state index contributed by atoms with van der Waals surface area (Å²) in [7, 11) is 1.98. The van der Waals surface area contributed by atoms with Crippen LogP contribution in [0.15, 0.2) is 23.1 Å². The predicted molar refractivity (Wildman–Crippen MR) is 71.2 cm³/mol. The third-order valence-electron chi connectivity index (χ3n) is 3.08. The second-order valence-electron chi connectivity index (χ2n) is 4.48. The van der Waals surface area contributed by atoms with Gasteiger partial charge in [-0.25, -0.2) is 4.79 Å². The summed E-state index contributed by atoms with van der Waals surface area (Å²) in [5.41, 5.74) is 1.26. The van der Waals surface area contributed by atoms with Gasteiger partial charge in [0.25, 0.3) is 0 Å². The molecule has 3 nitrogen and oxygen atoms in total. The molecule has 0 unspecified atom stereocenters. The van der Waals surface area contributed by atoms with Crippen molar-refractivity contribution in [2.24, 2.45) is 5.92 Å². The molecule has 1 aliphatic carbocycles. The first kappa shape index (κ1) is 12.3. The summed E-state index contributed by atoms with van der Waals surface area (Å²) in [6, 6.07) is 5.69. The molecule has 1 saturated carbocycles. The topological polar surface area (TPSA) is 40.5 Å². The Morgan fingerprint density at radius 3 is 2.76 bits per heavy atom. The van der Waals surface area contributed by atoms with Gasteiger partial charge in [0.2, 0.25) is 0 Å². The van der Waals surface area contributed by atoms with E-state index in [9.17, 15) is 9.90 Å². The fraction of sp³-hybridized carbons (Fsp3) is 0.462. The standard InChI is InChI=1S/C13H17NO2S/c1-14(8-9-6-7-9)10-4-3-5-11(17-2)12(10)13(15)16/h3-5,9H,6-8H2,1-2H3,(H,15,16). The average Bonchev–Trinajstić information content (AvgIpc) is 3.11. The highest BCUT2D eigenvalue weighted by Gasteiger charge is 2.25.